The Labute approximate surface area is 333 Å². The van der Waals surface area contributed by atoms with E-state index in [2.05, 4.69) is 0 Å². The molecule has 2 aliphatic heterocycles. The summed E-state index contributed by atoms with van der Waals surface area (Å²) in [5, 5.41) is 59.5. The Balaban J connectivity index is 1.38. The van der Waals surface area contributed by atoms with Crippen molar-refractivity contribution in [2.45, 2.75) is 32.6 Å². The normalized spacial score (nSPS) is 23.4. The number of carbonyl (C=O) groups excluding carboxylic acids is 4. The fourth-order valence-electron chi connectivity index (χ4n) is 9.55. The van der Waals surface area contributed by atoms with Crippen LogP contribution in [0.4, 0.5) is 45.5 Å². The van der Waals surface area contributed by atoms with E-state index < -0.39 is 113 Å². The van der Waals surface area contributed by atoms with Crippen LogP contribution in [-0.2, 0) is 19.2 Å². The minimum absolute atomic E-state index is 0.0259. The average molecular weight is 813 g/mol. The minimum Gasteiger partial charge on any atom is -0.507 e. The van der Waals surface area contributed by atoms with Gasteiger partial charge in [-0.1, -0.05) is 23.8 Å². The second-order valence-electron chi connectivity index (χ2n) is 15.5. The zero-order valence-electron chi connectivity index (χ0n) is 32.3. The van der Waals surface area contributed by atoms with Gasteiger partial charge < -0.3 is 14.9 Å². The maximum atomic E-state index is 14.7. The van der Waals surface area contributed by atoms with Gasteiger partial charge in [-0.05, 0) is 49.3 Å². The number of nitrogens with zero attached hydrogens (tertiary/aromatic N) is 8. The van der Waals surface area contributed by atoms with Gasteiger partial charge in [0.1, 0.15) is 5.75 Å². The van der Waals surface area contributed by atoms with Crippen molar-refractivity contribution in [3.63, 3.8) is 0 Å². The molecule has 1 N–H and O–H groups in total. The molecule has 1 saturated carbocycles. The molecule has 0 bridgehead atoms. The second-order valence-corrected chi connectivity index (χ2v) is 15.5. The molecule has 6 atom stereocenters. The fourth-order valence-corrected chi connectivity index (χ4v) is 9.55. The van der Waals surface area contributed by atoms with Gasteiger partial charge in [-0.3, -0.25) is 59.6 Å². The van der Waals surface area contributed by atoms with E-state index in [1.807, 2.05) is 0 Å². The average Bonchev–Trinajstić information content (AvgIpc) is 3.57. The molecule has 2 heterocycles. The molecule has 0 radical (unpaired) electrons. The number of phenols is 1. The first-order valence-electron chi connectivity index (χ1n) is 18.2. The Morgan fingerprint density at radius 1 is 0.593 bits per heavy atom. The first-order chi connectivity index (χ1) is 27.7. The lowest BCUT2D eigenvalue weighted by atomic mass is 9.57. The van der Waals surface area contributed by atoms with Gasteiger partial charge in [0.05, 0.1) is 54.7 Å². The fraction of sp³-hybridized carbons (Fsp3) is 0.368. The lowest BCUT2D eigenvalue weighted by Crippen LogP contribution is -2.43. The number of phenolic OH excluding ortho intramolecular Hbond substituents is 1. The largest absolute Gasteiger partial charge is 0.507 e. The highest BCUT2D eigenvalue weighted by molar-refractivity contribution is 6.24. The molecule has 21 nitrogen and oxygen atoms in total. The van der Waals surface area contributed by atoms with E-state index in [9.17, 15) is 64.7 Å². The number of fused-ring (bicyclic) bond motifs is 4. The molecule has 4 aliphatic rings. The Morgan fingerprint density at radius 2 is 0.983 bits per heavy atom. The van der Waals surface area contributed by atoms with Gasteiger partial charge in [0, 0.05) is 58.4 Å². The van der Waals surface area contributed by atoms with Crippen LogP contribution >= 0.6 is 0 Å². The molecular weight excluding hydrogens is 776 g/mol. The topological polar surface area (TPSA) is 274 Å². The third-order valence-electron chi connectivity index (χ3n) is 11.8. The predicted octanol–water partition coefficient (Wildman–Crippen LogP) is 4.82. The van der Waals surface area contributed by atoms with E-state index >= 15 is 0 Å². The van der Waals surface area contributed by atoms with E-state index in [1.54, 1.807) is 32.1 Å². The third-order valence-corrected chi connectivity index (χ3v) is 11.8. The number of rotatable bonds is 9. The highest BCUT2D eigenvalue weighted by Crippen LogP contribution is 2.59. The van der Waals surface area contributed by atoms with Crippen molar-refractivity contribution >= 4 is 69.1 Å². The van der Waals surface area contributed by atoms with E-state index in [0.29, 0.717) is 32.1 Å². The minimum atomic E-state index is -1.21. The summed E-state index contributed by atoms with van der Waals surface area (Å²) in [6.45, 7) is 3.26. The molecule has 306 valence electrons. The van der Waals surface area contributed by atoms with Crippen molar-refractivity contribution in [3.05, 3.63) is 105 Å². The number of allylic oxidation sites excluding steroid dienone is 2. The molecule has 6 unspecified atom stereocenters. The summed E-state index contributed by atoms with van der Waals surface area (Å²) < 4.78 is 0. The van der Waals surface area contributed by atoms with Gasteiger partial charge >= 0.3 is 22.7 Å². The summed E-state index contributed by atoms with van der Waals surface area (Å²) >= 11 is 0. The summed E-state index contributed by atoms with van der Waals surface area (Å²) in [4.78, 5) is 107. The molecule has 3 aromatic rings. The van der Waals surface area contributed by atoms with Crippen LogP contribution < -0.4 is 19.6 Å². The molecule has 2 aliphatic carbocycles. The number of imide groups is 2. The molecule has 21 heteroatoms. The lowest BCUT2D eigenvalue weighted by Gasteiger charge is -2.44. The molecular formula is C38H36N8O13. The quantitative estimate of drug-likeness (QED) is 0.131. The van der Waals surface area contributed by atoms with Crippen molar-refractivity contribution in [2.24, 2.45) is 29.6 Å². The smallest absolute Gasteiger partial charge is 0.301 e. The molecule has 59 heavy (non-hydrogen) atoms. The van der Waals surface area contributed by atoms with Gasteiger partial charge in [-0.25, -0.2) is 9.80 Å². The summed E-state index contributed by atoms with van der Waals surface area (Å²) in [5.74, 6) is -9.80. The Morgan fingerprint density at radius 3 is 1.37 bits per heavy atom. The second kappa shape index (κ2) is 14.0. The zero-order chi connectivity index (χ0) is 43.3. The Hall–Kier alpha value is -7.32. The first-order valence-corrected chi connectivity index (χ1v) is 18.2. The van der Waals surface area contributed by atoms with Crippen LogP contribution in [0.2, 0.25) is 0 Å². The van der Waals surface area contributed by atoms with E-state index in [4.69, 9.17) is 0 Å². The molecule has 0 spiro atoms. The Kier molecular flexibility index (Phi) is 9.44. The number of amides is 4. The monoisotopic (exact) mass is 812 g/mol. The standard InChI is InChI=1S/C38H36N8O13/c1-16-9-18(10-17(2)34(16)47)29-21-7-8-22-30(37(50)41(35(22)48)19-11-25(43(52)53)32(39(3)4)26(12-19)44(54)55)23(21)15-24-31(29)38(51)42(36(24)49)20-13-27(45(56)57)33(40(5)6)28(14-20)46(58)59/h7,9-14,22-24,29-31,47H,8,15H2,1-6H3. The first kappa shape index (κ1) is 39.9. The van der Waals surface area contributed by atoms with Gasteiger partial charge in [0.15, 0.2) is 11.4 Å². The predicted molar refractivity (Wildman–Crippen MR) is 208 cm³/mol. The van der Waals surface area contributed by atoms with Crippen LogP contribution in [0.1, 0.15) is 35.4 Å². The van der Waals surface area contributed by atoms with Crippen molar-refractivity contribution in [2.75, 3.05) is 47.8 Å². The molecule has 7 rings (SSSR count). The summed E-state index contributed by atoms with van der Waals surface area (Å²) in [6, 6.07) is 6.92. The van der Waals surface area contributed by atoms with E-state index in [0.717, 1.165) is 24.3 Å². The van der Waals surface area contributed by atoms with E-state index in [1.165, 1.54) is 38.0 Å². The number of nitro groups is 4. The summed E-state index contributed by atoms with van der Waals surface area (Å²) in [6.07, 6.45) is 1.48. The maximum absolute atomic E-state index is 14.7. The zero-order valence-corrected chi connectivity index (χ0v) is 32.3. The van der Waals surface area contributed by atoms with Crippen molar-refractivity contribution in [1.82, 2.24) is 0 Å². The molecule has 4 amide bonds. The van der Waals surface area contributed by atoms with Gasteiger partial charge in [0.25, 0.3) is 0 Å². The number of hydrogen-bond acceptors (Lipinski definition) is 15. The summed E-state index contributed by atoms with van der Waals surface area (Å²) in [5.41, 5.74) is -2.58. The van der Waals surface area contributed by atoms with Crippen molar-refractivity contribution < 1.29 is 44.0 Å². The van der Waals surface area contributed by atoms with Crippen LogP contribution in [0.5, 0.6) is 5.75 Å². The SMILES string of the molecule is Cc1cc(C2C3=CCC4C(=O)N(c5cc([N+](=O)[O-])c(N(C)C)c([N+](=O)[O-])c5)C(=O)C4C3CC3C(=O)N(c4cc([N+](=O)[O-])c(N(C)C)c([N+](=O)[O-])c4)C(=O)C32)cc(C)c1O. The number of carbonyl (C=O) groups is 4. The summed E-state index contributed by atoms with van der Waals surface area (Å²) in [7, 11) is 5.46. The van der Waals surface area contributed by atoms with Crippen LogP contribution in [0, 0.1) is 83.9 Å². The number of aromatic hydroxyl groups is 1. The lowest BCUT2D eigenvalue weighted by molar-refractivity contribution is -0.392. The van der Waals surface area contributed by atoms with Gasteiger partial charge in [-0.15, -0.1) is 0 Å². The maximum Gasteiger partial charge on any atom is 0.301 e. The van der Waals surface area contributed by atoms with Gasteiger partial charge in [-0.2, -0.15) is 0 Å². The van der Waals surface area contributed by atoms with Gasteiger partial charge in [0.2, 0.25) is 23.6 Å². The number of anilines is 4. The molecule has 2 saturated heterocycles. The van der Waals surface area contributed by atoms with Crippen LogP contribution in [0.3, 0.4) is 0 Å². The molecule has 3 aromatic carbocycles. The highest BCUT2D eigenvalue weighted by atomic mass is 16.6. The third kappa shape index (κ3) is 5.98. The van der Waals surface area contributed by atoms with E-state index in [-0.39, 0.29) is 30.0 Å². The number of nitro benzene ring substituents is 4. The number of aryl methyl sites for hydroxylation is 2. The van der Waals surface area contributed by atoms with Crippen molar-refractivity contribution in [3.8, 4) is 5.75 Å². The van der Waals surface area contributed by atoms with Crippen LogP contribution in [-0.4, -0.2) is 76.6 Å². The molecule has 3 fully saturated rings. The number of benzene rings is 3. The highest BCUT2D eigenvalue weighted by Gasteiger charge is 2.63. The van der Waals surface area contributed by atoms with Crippen LogP contribution in [0.15, 0.2) is 48.0 Å². The van der Waals surface area contributed by atoms with Crippen LogP contribution in [0.25, 0.3) is 0 Å². The number of hydrogen-bond donors (Lipinski definition) is 1. The van der Waals surface area contributed by atoms with Crippen molar-refractivity contribution in [1.29, 1.82) is 0 Å². The Bertz CT molecular complexity index is 2420. The molecule has 0 aromatic heterocycles.